The second-order valence-electron chi connectivity index (χ2n) is 8.12. The Hall–Kier alpha value is -3.65. The average Bonchev–Trinajstić information content (AvgIpc) is 2.83. The summed E-state index contributed by atoms with van der Waals surface area (Å²) in [5, 5.41) is 11.2. The van der Waals surface area contributed by atoms with Crippen molar-refractivity contribution in [1.82, 2.24) is 9.88 Å². The third-order valence-corrected chi connectivity index (χ3v) is 6.97. The number of carbonyl (C=O) groups excluding carboxylic acids is 1. The van der Waals surface area contributed by atoms with Gasteiger partial charge in [0.1, 0.15) is 10.5 Å². The van der Waals surface area contributed by atoms with Crippen LogP contribution in [0.2, 0.25) is 0 Å². The molecular weight excluding hydrogens is 506 g/mol. The van der Waals surface area contributed by atoms with E-state index in [9.17, 15) is 37.3 Å². The van der Waals surface area contributed by atoms with Gasteiger partial charge in [0.05, 0.1) is 22.4 Å². The van der Waals surface area contributed by atoms with Crippen molar-refractivity contribution in [2.45, 2.75) is 6.18 Å². The summed E-state index contributed by atoms with van der Waals surface area (Å²) in [4.78, 5) is 44.5. The SMILES string of the molecule is CN(C(=O)CN1CCN(c2nc(=O)c3cc(C(F)(F)F)cc([N+](=O)[O-])c3s2)CC1)c1ccc(F)cc1. The number of benzene rings is 2. The highest BCUT2D eigenvalue weighted by atomic mass is 32.1. The summed E-state index contributed by atoms with van der Waals surface area (Å²) in [5.41, 5.74) is -2.53. The number of halogens is 4. The molecule has 1 aromatic heterocycles. The van der Waals surface area contributed by atoms with Crippen molar-refractivity contribution in [3.8, 4) is 0 Å². The predicted molar refractivity (Wildman–Crippen MR) is 126 cm³/mol. The molecule has 3 aromatic rings. The molecule has 0 bridgehead atoms. The number of nitro groups is 1. The van der Waals surface area contributed by atoms with E-state index in [4.69, 9.17) is 0 Å². The fraction of sp³-hybridized carbons (Fsp3) is 0.318. The Kier molecular flexibility index (Phi) is 6.91. The second kappa shape index (κ2) is 9.78. The molecule has 0 N–H and O–H groups in total. The summed E-state index contributed by atoms with van der Waals surface area (Å²) in [6, 6.07) is 6.51. The number of aromatic nitrogens is 1. The summed E-state index contributed by atoms with van der Waals surface area (Å²) in [6.07, 6.45) is -4.85. The summed E-state index contributed by atoms with van der Waals surface area (Å²) < 4.78 is 52.4. The molecule has 0 radical (unpaired) electrons. The van der Waals surface area contributed by atoms with Crippen molar-refractivity contribution in [1.29, 1.82) is 0 Å². The Morgan fingerprint density at radius 1 is 1.17 bits per heavy atom. The van der Waals surface area contributed by atoms with Crippen LogP contribution in [0, 0.1) is 15.9 Å². The molecule has 2 aromatic carbocycles. The first kappa shape index (κ1) is 25.4. The van der Waals surface area contributed by atoms with E-state index in [0.29, 0.717) is 44.0 Å². The molecule has 1 aliphatic rings. The molecule has 36 heavy (non-hydrogen) atoms. The molecule has 4 rings (SSSR count). The first-order chi connectivity index (χ1) is 16.9. The van der Waals surface area contributed by atoms with Gasteiger partial charge in [-0.2, -0.15) is 18.2 Å². The third kappa shape index (κ3) is 5.28. The quantitative estimate of drug-likeness (QED) is 0.286. The van der Waals surface area contributed by atoms with Crippen LogP contribution in [0.1, 0.15) is 5.56 Å². The second-order valence-corrected chi connectivity index (χ2v) is 9.10. The zero-order chi connectivity index (χ0) is 26.2. The van der Waals surface area contributed by atoms with Gasteiger partial charge in [0, 0.05) is 45.0 Å². The number of nitro benzene ring substituents is 1. The largest absolute Gasteiger partial charge is 0.416 e. The Morgan fingerprint density at radius 3 is 2.39 bits per heavy atom. The van der Waals surface area contributed by atoms with Crippen molar-refractivity contribution < 1.29 is 27.3 Å². The van der Waals surface area contributed by atoms with Crippen molar-refractivity contribution >= 4 is 43.8 Å². The summed E-state index contributed by atoms with van der Waals surface area (Å²) in [5.74, 6) is -0.619. The molecule has 2 heterocycles. The lowest BCUT2D eigenvalue weighted by molar-refractivity contribution is -0.383. The number of fused-ring (bicyclic) bond motifs is 1. The van der Waals surface area contributed by atoms with E-state index in [0.717, 1.165) is 11.3 Å². The summed E-state index contributed by atoms with van der Waals surface area (Å²) in [6.45, 7) is 1.61. The van der Waals surface area contributed by atoms with E-state index in [1.807, 2.05) is 4.90 Å². The lowest BCUT2D eigenvalue weighted by atomic mass is 10.1. The first-order valence-electron chi connectivity index (χ1n) is 10.6. The molecule has 1 saturated heterocycles. The molecule has 1 amide bonds. The van der Waals surface area contributed by atoms with Gasteiger partial charge in [-0.15, -0.1) is 0 Å². The number of hydrogen-bond acceptors (Lipinski definition) is 8. The minimum atomic E-state index is -4.85. The average molecular weight is 525 g/mol. The first-order valence-corrected chi connectivity index (χ1v) is 11.5. The molecule has 0 aliphatic carbocycles. The fourth-order valence-corrected chi connectivity index (χ4v) is 4.90. The van der Waals surface area contributed by atoms with Gasteiger partial charge in [-0.1, -0.05) is 11.3 Å². The van der Waals surface area contributed by atoms with Crippen LogP contribution in [0.4, 0.5) is 34.1 Å². The maximum absolute atomic E-state index is 13.2. The molecular formula is C22H19F4N5O4S. The van der Waals surface area contributed by atoms with Crippen LogP contribution in [0.3, 0.4) is 0 Å². The lowest BCUT2D eigenvalue weighted by Crippen LogP contribution is -2.50. The molecule has 1 fully saturated rings. The van der Waals surface area contributed by atoms with E-state index in [-0.39, 0.29) is 22.3 Å². The van der Waals surface area contributed by atoms with Crippen LogP contribution in [0.15, 0.2) is 41.2 Å². The molecule has 0 saturated carbocycles. The van der Waals surface area contributed by atoms with Crippen LogP contribution in [0.25, 0.3) is 10.1 Å². The number of non-ortho nitro benzene ring substituents is 1. The predicted octanol–water partition coefficient (Wildman–Crippen LogP) is 3.51. The minimum absolute atomic E-state index is 0.0921. The molecule has 0 unspecified atom stereocenters. The van der Waals surface area contributed by atoms with Gasteiger partial charge >= 0.3 is 6.18 Å². The number of piperazine rings is 1. The Balaban J connectivity index is 1.49. The molecule has 1 aliphatic heterocycles. The monoisotopic (exact) mass is 525 g/mol. The van der Waals surface area contributed by atoms with Gasteiger partial charge < -0.3 is 9.80 Å². The number of likely N-dealkylation sites (N-methyl/N-ethyl adjacent to an activating group) is 1. The number of hydrogen-bond donors (Lipinski definition) is 0. The minimum Gasteiger partial charge on any atom is -0.345 e. The van der Waals surface area contributed by atoms with Gasteiger partial charge in [-0.25, -0.2) is 4.39 Å². The number of carbonyl (C=O) groups is 1. The van der Waals surface area contributed by atoms with Gasteiger partial charge in [-0.05, 0) is 30.3 Å². The Morgan fingerprint density at radius 2 is 1.81 bits per heavy atom. The van der Waals surface area contributed by atoms with Gasteiger partial charge in [0.15, 0.2) is 5.13 Å². The van der Waals surface area contributed by atoms with Crippen LogP contribution >= 0.6 is 11.3 Å². The normalized spacial score (nSPS) is 14.8. The molecule has 14 heteroatoms. The fourth-order valence-electron chi connectivity index (χ4n) is 3.78. The van der Waals surface area contributed by atoms with E-state index in [2.05, 4.69) is 4.98 Å². The van der Waals surface area contributed by atoms with Gasteiger partial charge in [0.2, 0.25) is 5.91 Å². The standard InChI is InChI=1S/C22H19F4N5O4S/c1-28(15-4-2-14(23)3-5-15)18(32)12-29-6-8-30(9-7-29)21-27-20(33)16-10-13(22(24,25)26)11-17(31(34)35)19(16)36-21/h2-5,10-11H,6-9,12H2,1H3. The van der Waals surface area contributed by atoms with Crippen LogP contribution < -0.4 is 15.4 Å². The van der Waals surface area contributed by atoms with Gasteiger partial charge in [-0.3, -0.25) is 24.6 Å². The lowest BCUT2D eigenvalue weighted by Gasteiger charge is -2.35. The van der Waals surface area contributed by atoms with E-state index in [1.54, 1.807) is 11.9 Å². The molecule has 190 valence electrons. The van der Waals surface area contributed by atoms with Crippen molar-refractivity contribution in [3.05, 3.63) is 68.2 Å². The topological polar surface area (TPSA) is 99.9 Å². The zero-order valence-corrected chi connectivity index (χ0v) is 19.6. The van der Waals surface area contributed by atoms with Crippen molar-refractivity contribution in [2.24, 2.45) is 0 Å². The van der Waals surface area contributed by atoms with Crippen molar-refractivity contribution in [2.75, 3.05) is 49.6 Å². The molecule has 0 atom stereocenters. The number of rotatable bonds is 5. The van der Waals surface area contributed by atoms with Crippen LogP contribution in [-0.4, -0.2) is 60.5 Å². The van der Waals surface area contributed by atoms with Crippen molar-refractivity contribution in [3.63, 3.8) is 0 Å². The highest BCUT2D eigenvalue weighted by Gasteiger charge is 2.34. The highest BCUT2D eigenvalue weighted by Crippen LogP contribution is 2.38. The maximum Gasteiger partial charge on any atom is 0.416 e. The number of nitrogens with zero attached hydrogens (tertiary/aromatic N) is 5. The Labute approximate surface area is 205 Å². The van der Waals surface area contributed by atoms with Crippen LogP contribution in [-0.2, 0) is 11.0 Å². The van der Waals surface area contributed by atoms with E-state index >= 15 is 0 Å². The molecule has 9 nitrogen and oxygen atoms in total. The number of alkyl halides is 3. The van der Waals surface area contributed by atoms with Gasteiger partial charge in [0.25, 0.3) is 11.2 Å². The highest BCUT2D eigenvalue weighted by molar-refractivity contribution is 7.22. The van der Waals surface area contributed by atoms with E-state index in [1.165, 1.54) is 29.2 Å². The third-order valence-electron chi connectivity index (χ3n) is 5.80. The van der Waals surface area contributed by atoms with E-state index < -0.39 is 39.1 Å². The smallest absolute Gasteiger partial charge is 0.345 e. The summed E-state index contributed by atoms with van der Waals surface area (Å²) >= 11 is 0.782. The Bertz CT molecular complexity index is 1370. The summed E-state index contributed by atoms with van der Waals surface area (Å²) in [7, 11) is 1.58. The number of amides is 1. The van der Waals surface area contributed by atoms with Crippen LogP contribution in [0.5, 0.6) is 0 Å². The molecule has 0 spiro atoms. The maximum atomic E-state index is 13.2. The number of anilines is 2. The zero-order valence-electron chi connectivity index (χ0n) is 18.8.